The van der Waals surface area contributed by atoms with Crippen LogP contribution in [-0.2, 0) is 4.74 Å². The van der Waals surface area contributed by atoms with Gasteiger partial charge in [0.1, 0.15) is 24.7 Å². The molecule has 1 unspecified atom stereocenters. The number of aryl methyl sites for hydroxylation is 1. The van der Waals surface area contributed by atoms with Crippen molar-refractivity contribution in [2.75, 3.05) is 12.4 Å². The lowest BCUT2D eigenvalue weighted by atomic mass is 9.90. The van der Waals surface area contributed by atoms with Crippen molar-refractivity contribution in [1.82, 2.24) is 9.55 Å². The summed E-state index contributed by atoms with van der Waals surface area (Å²) in [6.07, 6.45) is -4.86. The van der Waals surface area contributed by atoms with Crippen LogP contribution in [0.25, 0.3) is 0 Å². The van der Waals surface area contributed by atoms with Crippen LogP contribution in [0.15, 0.2) is 10.9 Å². The Labute approximate surface area is 131 Å². The molecule has 1 aromatic rings. The van der Waals surface area contributed by atoms with E-state index in [9.17, 15) is 19.4 Å². The molecular formula is C14H19FN4O4. The Morgan fingerprint density at radius 1 is 1.65 bits per heavy atom. The van der Waals surface area contributed by atoms with Crippen molar-refractivity contribution in [2.45, 2.75) is 43.9 Å². The first-order chi connectivity index (χ1) is 10.7. The molecule has 0 saturated carbocycles. The zero-order valence-corrected chi connectivity index (χ0v) is 12.7. The molecule has 8 nitrogen and oxygen atoms in total. The fourth-order valence-corrected chi connectivity index (χ4v) is 2.64. The molecule has 2 rings (SSSR count). The summed E-state index contributed by atoms with van der Waals surface area (Å²) in [6, 6.07) is 1.43. The SMILES string of the molecule is Cc1cc(N)nc(=O)n1[C@@H]1O[C@H]([C@H](C)O)C(O)[C@]1(N)C#CCF. The largest absolute Gasteiger partial charge is 0.391 e. The Kier molecular flexibility index (Phi) is 4.72. The highest BCUT2D eigenvalue weighted by Gasteiger charge is 2.56. The maximum Gasteiger partial charge on any atom is 0.351 e. The molecule has 1 aromatic heterocycles. The number of nitrogens with zero attached hydrogens (tertiary/aromatic N) is 2. The monoisotopic (exact) mass is 326 g/mol. The van der Waals surface area contributed by atoms with Crippen molar-refractivity contribution in [2.24, 2.45) is 5.73 Å². The van der Waals surface area contributed by atoms with Gasteiger partial charge in [-0.15, -0.1) is 0 Å². The molecule has 0 amide bonds. The third kappa shape index (κ3) is 2.94. The Bertz CT molecular complexity index is 711. The van der Waals surface area contributed by atoms with Gasteiger partial charge in [-0.1, -0.05) is 11.8 Å². The summed E-state index contributed by atoms with van der Waals surface area (Å²) >= 11 is 0. The van der Waals surface area contributed by atoms with Crippen molar-refractivity contribution in [1.29, 1.82) is 0 Å². The lowest BCUT2D eigenvalue weighted by molar-refractivity contribution is -0.0783. The molecule has 0 spiro atoms. The maximum absolute atomic E-state index is 12.4. The smallest absolute Gasteiger partial charge is 0.351 e. The molecule has 126 valence electrons. The number of aromatic nitrogens is 2. The molecule has 6 N–H and O–H groups in total. The van der Waals surface area contributed by atoms with E-state index in [0.717, 1.165) is 4.57 Å². The van der Waals surface area contributed by atoms with E-state index in [0.29, 0.717) is 5.69 Å². The number of hydrogen-bond donors (Lipinski definition) is 4. The summed E-state index contributed by atoms with van der Waals surface area (Å²) in [5.41, 5.74) is 9.48. The quantitative estimate of drug-likeness (QED) is 0.483. The summed E-state index contributed by atoms with van der Waals surface area (Å²) < 4.78 is 19.1. The summed E-state index contributed by atoms with van der Waals surface area (Å²) in [5, 5.41) is 20.1. The summed E-state index contributed by atoms with van der Waals surface area (Å²) in [5.74, 6) is 4.57. The summed E-state index contributed by atoms with van der Waals surface area (Å²) in [6.45, 7) is 2.00. The number of ether oxygens (including phenoxy) is 1. The topological polar surface area (TPSA) is 137 Å². The molecule has 0 aliphatic carbocycles. The average molecular weight is 326 g/mol. The number of hydrogen-bond acceptors (Lipinski definition) is 7. The van der Waals surface area contributed by atoms with Gasteiger partial charge in [0.05, 0.1) is 6.10 Å². The van der Waals surface area contributed by atoms with Crippen molar-refractivity contribution in [3.8, 4) is 11.8 Å². The maximum atomic E-state index is 12.4. The second kappa shape index (κ2) is 6.25. The summed E-state index contributed by atoms with van der Waals surface area (Å²) in [7, 11) is 0. The number of nitrogen functional groups attached to an aromatic ring is 1. The van der Waals surface area contributed by atoms with E-state index >= 15 is 0 Å². The van der Waals surface area contributed by atoms with Crippen LogP contribution in [0.2, 0.25) is 0 Å². The Morgan fingerprint density at radius 3 is 2.83 bits per heavy atom. The minimum absolute atomic E-state index is 0.0202. The third-order valence-electron chi connectivity index (χ3n) is 3.74. The predicted molar refractivity (Wildman–Crippen MR) is 79.9 cm³/mol. The molecule has 9 heteroatoms. The van der Waals surface area contributed by atoms with Gasteiger partial charge in [-0.25, -0.2) is 9.18 Å². The lowest BCUT2D eigenvalue weighted by Gasteiger charge is -2.29. The lowest BCUT2D eigenvalue weighted by Crippen LogP contribution is -2.55. The molecule has 1 fully saturated rings. The fraction of sp³-hybridized carbons (Fsp3) is 0.571. The van der Waals surface area contributed by atoms with Gasteiger partial charge in [-0.3, -0.25) is 4.57 Å². The average Bonchev–Trinajstić information content (AvgIpc) is 2.70. The van der Waals surface area contributed by atoms with E-state index in [4.69, 9.17) is 16.2 Å². The summed E-state index contributed by atoms with van der Waals surface area (Å²) in [4.78, 5) is 15.8. The van der Waals surface area contributed by atoms with Crippen molar-refractivity contribution >= 4 is 5.82 Å². The van der Waals surface area contributed by atoms with E-state index in [-0.39, 0.29) is 5.82 Å². The molecule has 0 bridgehead atoms. The highest BCUT2D eigenvalue weighted by Crippen LogP contribution is 2.37. The normalized spacial score (nSPS) is 31.5. The number of aliphatic hydroxyl groups is 2. The molecule has 5 atom stereocenters. The second-order valence-corrected chi connectivity index (χ2v) is 5.48. The van der Waals surface area contributed by atoms with Crippen molar-refractivity contribution < 1.29 is 19.3 Å². The van der Waals surface area contributed by atoms with Gasteiger partial charge in [-0.05, 0) is 19.9 Å². The zero-order valence-electron chi connectivity index (χ0n) is 12.7. The molecule has 1 saturated heterocycles. The number of nitrogens with two attached hydrogens (primary N) is 2. The number of aliphatic hydroxyl groups excluding tert-OH is 2. The molecule has 1 aliphatic rings. The van der Waals surface area contributed by atoms with Crippen LogP contribution >= 0.6 is 0 Å². The standard InChI is InChI=1S/C14H19FN4O4/c1-7-6-9(16)18-13(22)19(7)12-14(17,4-3-5-15)11(21)10(23-12)8(2)20/h6,8,10-12,20-21H,5,17H2,1-2H3,(H2,16,18,22)/t8-,10+,11?,12+,14+/m0/s1. The highest BCUT2D eigenvalue weighted by atomic mass is 19.1. The third-order valence-corrected chi connectivity index (χ3v) is 3.74. The molecule has 1 aliphatic heterocycles. The van der Waals surface area contributed by atoms with Gasteiger partial charge in [-0.2, -0.15) is 4.98 Å². The first-order valence-corrected chi connectivity index (χ1v) is 6.94. The molecule has 0 radical (unpaired) electrons. The van der Waals surface area contributed by atoms with Gasteiger partial charge >= 0.3 is 5.69 Å². The first-order valence-electron chi connectivity index (χ1n) is 6.94. The molecule has 23 heavy (non-hydrogen) atoms. The van der Waals surface area contributed by atoms with E-state index in [1.165, 1.54) is 13.0 Å². The van der Waals surface area contributed by atoms with Crippen LogP contribution in [0.3, 0.4) is 0 Å². The van der Waals surface area contributed by atoms with Crippen LogP contribution < -0.4 is 17.2 Å². The van der Waals surface area contributed by atoms with Gasteiger partial charge in [0.15, 0.2) is 11.8 Å². The number of anilines is 1. The van der Waals surface area contributed by atoms with Crippen molar-refractivity contribution in [3.63, 3.8) is 0 Å². The molecular weight excluding hydrogens is 307 g/mol. The van der Waals surface area contributed by atoms with E-state index in [2.05, 4.69) is 16.8 Å². The first kappa shape index (κ1) is 17.4. The Balaban J connectivity index is 2.61. The Hall–Kier alpha value is -1.99. The predicted octanol–water partition coefficient (Wildman–Crippen LogP) is -1.56. The Morgan fingerprint density at radius 2 is 2.30 bits per heavy atom. The van der Waals surface area contributed by atoms with E-state index < -0.39 is 42.4 Å². The van der Waals surface area contributed by atoms with Gasteiger partial charge < -0.3 is 26.4 Å². The molecule has 2 heterocycles. The number of alkyl halides is 1. The van der Waals surface area contributed by atoms with Crippen LogP contribution in [0.1, 0.15) is 18.8 Å². The van der Waals surface area contributed by atoms with Crippen LogP contribution in [0, 0.1) is 18.8 Å². The van der Waals surface area contributed by atoms with E-state index in [1.54, 1.807) is 6.92 Å². The highest BCUT2D eigenvalue weighted by molar-refractivity contribution is 5.31. The van der Waals surface area contributed by atoms with Gasteiger partial charge in [0.25, 0.3) is 0 Å². The van der Waals surface area contributed by atoms with Gasteiger partial charge in [0, 0.05) is 5.69 Å². The van der Waals surface area contributed by atoms with Crippen molar-refractivity contribution in [3.05, 3.63) is 22.2 Å². The zero-order chi connectivity index (χ0) is 17.4. The van der Waals surface area contributed by atoms with Crippen LogP contribution in [-0.4, -0.2) is 50.3 Å². The number of rotatable bonds is 2. The van der Waals surface area contributed by atoms with Crippen LogP contribution in [0.5, 0.6) is 0 Å². The second-order valence-electron chi connectivity index (χ2n) is 5.48. The van der Waals surface area contributed by atoms with E-state index in [1.807, 2.05) is 0 Å². The fourth-order valence-electron chi connectivity index (χ4n) is 2.64. The number of halogens is 1. The van der Waals surface area contributed by atoms with Crippen LogP contribution in [0.4, 0.5) is 10.2 Å². The minimum atomic E-state index is -1.79. The van der Waals surface area contributed by atoms with Gasteiger partial charge in [0.2, 0.25) is 0 Å². The minimum Gasteiger partial charge on any atom is -0.391 e. The molecule has 0 aromatic carbocycles.